The zero-order valence-electron chi connectivity index (χ0n) is 31.7. The van der Waals surface area contributed by atoms with Gasteiger partial charge in [0.05, 0.1) is 33.2 Å². The summed E-state index contributed by atoms with van der Waals surface area (Å²) in [5.74, 6) is 0. The zero-order chi connectivity index (χ0) is 35.8. The molecule has 0 amide bonds. The molecule has 0 N–H and O–H groups in total. The first-order valence-electron chi connectivity index (χ1n) is 19.0. The number of hydrogen-bond acceptors (Lipinski definition) is 3. The Morgan fingerprint density at radius 2 is 0.471 bits per heavy atom. The summed E-state index contributed by atoms with van der Waals surface area (Å²) >= 11 is 0. The van der Waals surface area contributed by atoms with Crippen molar-refractivity contribution >= 4 is 17.1 Å². The van der Waals surface area contributed by atoms with Crippen molar-refractivity contribution in [3.05, 3.63) is 164 Å². The van der Waals surface area contributed by atoms with E-state index in [1.54, 1.807) is 0 Å². The number of benzene rings is 1. The number of nitrogens with zero attached hydrogens (tertiary/aromatic N) is 3. The molecule has 3 nitrogen and oxygen atoms in total. The van der Waals surface area contributed by atoms with Crippen molar-refractivity contribution < 1.29 is 0 Å². The first-order chi connectivity index (χ1) is 24.4. The van der Waals surface area contributed by atoms with Crippen molar-refractivity contribution in [1.29, 1.82) is 0 Å². The maximum Gasteiger partial charge on any atom is 0.0602 e. The van der Waals surface area contributed by atoms with Crippen molar-refractivity contribution in [2.45, 2.75) is 113 Å². The van der Waals surface area contributed by atoms with E-state index < -0.39 is 0 Å². The van der Waals surface area contributed by atoms with Gasteiger partial charge >= 0.3 is 0 Å². The van der Waals surface area contributed by atoms with Crippen molar-refractivity contribution in [3.8, 4) is 0 Å². The van der Waals surface area contributed by atoms with Crippen LogP contribution in [0.15, 0.2) is 164 Å². The van der Waals surface area contributed by atoms with Gasteiger partial charge < -0.3 is 14.7 Å². The number of rotatable bonds is 9. The lowest BCUT2D eigenvalue weighted by Crippen LogP contribution is -2.59. The van der Waals surface area contributed by atoms with Gasteiger partial charge in [0.2, 0.25) is 0 Å². The molecule has 0 spiro atoms. The Morgan fingerprint density at radius 1 is 0.294 bits per heavy atom. The van der Waals surface area contributed by atoms with Gasteiger partial charge in [-0.3, -0.25) is 0 Å². The van der Waals surface area contributed by atoms with Crippen LogP contribution in [0.3, 0.4) is 0 Å². The number of allylic oxidation sites excluding steroid dienone is 12. The molecule has 1 aromatic carbocycles. The highest BCUT2D eigenvalue weighted by Gasteiger charge is 2.46. The van der Waals surface area contributed by atoms with Crippen LogP contribution in [0.4, 0.5) is 17.1 Å². The van der Waals surface area contributed by atoms with Crippen molar-refractivity contribution in [3.63, 3.8) is 0 Å². The molecule has 7 rings (SSSR count). The first kappa shape index (κ1) is 34.9. The highest BCUT2D eigenvalue weighted by atomic mass is 15.3. The van der Waals surface area contributed by atoms with E-state index in [0.717, 1.165) is 38.5 Å². The summed E-state index contributed by atoms with van der Waals surface area (Å²) in [6, 6.07) is 7.55. The average Bonchev–Trinajstić information content (AvgIpc) is 3.09. The molecule has 6 atom stereocenters. The smallest absolute Gasteiger partial charge is 0.0602 e. The second-order valence-corrected chi connectivity index (χ2v) is 16.8. The summed E-state index contributed by atoms with van der Waals surface area (Å²) in [6.45, 7) is 14.5. The summed E-state index contributed by atoms with van der Waals surface area (Å²) in [5, 5.41) is 0. The van der Waals surface area contributed by atoms with Crippen molar-refractivity contribution in [1.82, 2.24) is 0 Å². The molecule has 0 fully saturated rings. The van der Waals surface area contributed by atoms with Gasteiger partial charge in [0, 0.05) is 17.1 Å². The quantitative estimate of drug-likeness (QED) is 0.258. The lowest BCUT2D eigenvalue weighted by atomic mass is 9.79. The summed E-state index contributed by atoms with van der Waals surface area (Å²) in [5.41, 5.74) is 2.38. The van der Waals surface area contributed by atoms with Gasteiger partial charge in [-0.15, -0.1) is 0 Å². The van der Waals surface area contributed by atoms with E-state index >= 15 is 0 Å². The van der Waals surface area contributed by atoms with E-state index in [-0.39, 0.29) is 33.2 Å². The van der Waals surface area contributed by atoms with Crippen LogP contribution in [0.2, 0.25) is 0 Å². The Labute approximate surface area is 308 Å². The molecule has 1 aromatic rings. The van der Waals surface area contributed by atoms with E-state index in [2.05, 4.69) is 220 Å². The van der Waals surface area contributed by atoms with Crippen LogP contribution in [0.5, 0.6) is 0 Å². The van der Waals surface area contributed by atoms with Crippen LogP contribution in [0, 0.1) is 0 Å². The first-order valence-corrected chi connectivity index (χ1v) is 19.0. The van der Waals surface area contributed by atoms with Crippen LogP contribution in [0.25, 0.3) is 0 Å². The predicted molar refractivity (Wildman–Crippen MR) is 222 cm³/mol. The molecule has 264 valence electrons. The van der Waals surface area contributed by atoms with E-state index in [0.29, 0.717) is 0 Å². The van der Waals surface area contributed by atoms with E-state index in [4.69, 9.17) is 0 Å². The van der Waals surface area contributed by atoms with Crippen molar-refractivity contribution in [2.75, 3.05) is 14.7 Å². The van der Waals surface area contributed by atoms with Crippen LogP contribution in [-0.4, -0.2) is 33.2 Å². The average molecular weight is 676 g/mol. The summed E-state index contributed by atoms with van der Waals surface area (Å²) in [7, 11) is 0. The molecule has 0 aliphatic heterocycles. The molecule has 51 heavy (non-hydrogen) atoms. The zero-order valence-corrected chi connectivity index (χ0v) is 31.7. The molecule has 0 saturated heterocycles. The highest BCUT2D eigenvalue weighted by Crippen LogP contribution is 2.50. The molecule has 6 aliphatic rings. The predicted octanol–water partition coefficient (Wildman–Crippen LogP) is 11.8. The standard InChI is InChI=1S/C48H57N3/c1-43(25-13-7-14-26-43)49(44(2)27-15-8-16-28-44)40-37-41(50(45(3)29-17-9-18-30-45)46(4)31-19-10-20-32-46)39-42(38-40)51(47(5)33-21-11-22-34-47)48(6)35-23-12-24-36-48/h7-25,27,29,31,33,35,37-39H,26,28,30,32,34,36H2,1-6H3. The number of anilines is 3. The molecule has 0 aromatic heterocycles. The van der Waals surface area contributed by atoms with Crippen molar-refractivity contribution in [2.24, 2.45) is 0 Å². The van der Waals surface area contributed by atoms with Gasteiger partial charge in [0.25, 0.3) is 0 Å². The summed E-state index contributed by atoms with van der Waals surface area (Å²) < 4.78 is 0. The second-order valence-electron chi connectivity index (χ2n) is 16.8. The van der Waals surface area contributed by atoms with Crippen LogP contribution < -0.4 is 14.7 Å². The molecule has 0 heterocycles. The van der Waals surface area contributed by atoms with E-state index in [1.165, 1.54) is 17.1 Å². The van der Waals surface area contributed by atoms with E-state index in [1.807, 2.05) is 0 Å². The van der Waals surface area contributed by atoms with Gasteiger partial charge in [-0.05, 0) is 98.3 Å². The van der Waals surface area contributed by atoms with Gasteiger partial charge in [0.15, 0.2) is 0 Å². The monoisotopic (exact) mass is 675 g/mol. The molecular formula is C48H57N3. The minimum atomic E-state index is -0.228. The second kappa shape index (κ2) is 13.2. The third-order valence-electron chi connectivity index (χ3n) is 12.1. The molecule has 6 aliphatic carbocycles. The minimum absolute atomic E-state index is 0.228. The Bertz CT molecular complexity index is 1540. The van der Waals surface area contributed by atoms with Gasteiger partial charge in [-0.25, -0.2) is 0 Å². The fraction of sp³-hybridized carbons (Fsp3) is 0.375. The summed E-state index contributed by atoms with van der Waals surface area (Å²) in [4.78, 5) is 8.21. The Hall–Kier alpha value is -4.50. The SMILES string of the molecule is CC1(N(c2cc(N(C3(C)C=CC=CC3)C3(C)C=CC=CC3)cc(N(C3(C)C=CC=CC3)C3(C)C=CC=CC3)c2)C2(C)C=CC=CC2)C=CC=CC1. The highest BCUT2D eigenvalue weighted by molar-refractivity contribution is 5.76. The fourth-order valence-corrected chi connectivity index (χ4v) is 9.78. The third-order valence-corrected chi connectivity index (χ3v) is 12.1. The Balaban J connectivity index is 1.53. The largest absolute Gasteiger partial charge is 0.353 e. The molecule has 3 heteroatoms. The van der Waals surface area contributed by atoms with Crippen LogP contribution in [-0.2, 0) is 0 Å². The van der Waals surface area contributed by atoms with Crippen LogP contribution >= 0.6 is 0 Å². The number of hydrogen-bond donors (Lipinski definition) is 0. The molecule has 0 saturated carbocycles. The molecule has 6 unspecified atom stereocenters. The third kappa shape index (κ3) is 6.45. The van der Waals surface area contributed by atoms with E-state index in [9.17, 15) is 0 Å². The minimum Gasteiger partial charge on any atom is -0.353 e. The Morgan fingerprint density at radius 3 is 0.608 bits per heavy atom. The normalized spacial score (nSPS) is 35.9. The Kier molecular flexibility index (Phi) is 9.07. The van der Waals surface area contributed by atoms with Gasteiger partial charge in [-0.1, -0.05) is 146 Å². The van der Waals surface area contributed by atoms with Crippen LogP contribution in [0.1, 0.15) is 80.1 Å². The maximum atomic E-state index is 2.74. The van der Waals surface area contributed by atoms with Gasteiger partial charge in [-0.2, -0.15) is 0 Å². The summed E-state index contributed by atoms with van der Waals surface area (Å²) in [6.07, 6.45) is 60.8. The molecule has 0 bridgehead atoms. The molecular weight excluding hydrogens is 619 g/mol. The fourth-order valence-electron chi connectivity index (χ4n) is 9.78. The lowest BCUT2D eigenvalue weighted by molar-refractivity contribution is 0.388. The maximum absolute atomic E-state index is 2.74. The molecule has 0 radical (unpaired) electrons. The lowest BCUT2D eigenvalue weighted by Gasteiger charge is -2.56. The topological polar surface area (TPSA) is 9.72 Å². The van der Waals surface area contributed by atoms with Gasteiger partial charge in [0.1, 0.15) is 0 Å².